The van der Waals surface area contributed by atoms with Gasteiger partial charge in [0, 0.05) is 36.0 Å². The van der Waals surface area contributed by atoms with Crippen LogP contribution in [0.2, 0.25) is 0 Å². The normalized spacial score (nSPS) is 31.6. The van der Waals surface area contributed by atoms with Crippen LogP contribution in [0.4, 0.5) is 0 Å². The van der Waals surface area contributed by atoms with Crippen LogP contribution in [0.25, 0.3) is 6.08 Å². The van der Waals surface area contributed by atoms with Gasteiger partial charge in [0.25, 0.3) is 0 Å². The van der Waals surface area contributed by atoms with Crippen LogP contribution >= 0.6 is 11.3 Å². The van der Waals surface area contributed by atoms with Gasteiger partial charge >= 0.3 is 5.97 Å². The smallest absolute Gasteiger partial charge is 0.306 e. The number of ketones is 2. The number of allylic oxidation sites excluding steroid dienone is 1. The van der Waals surface area contributed by atoms with E-state index in [2.05, 4.69) is 18.8 Å². The highest BCUT2D eigenvalue weighted by Crippen LogP contribution is 2.37. The summed E-state index contributed by atoms with van der Waals surface area (Å²) in [6.07, 6.45) is 5.12. The molecule has 1 aliphatic rings. The van der Waals surface area contributed by atoms with Crippen molar-refractivity contribution in [3.8, 4) is 0 Å². The number of carbonyl (C=O) groups excluding carboxylic acids is 3. The van der Waals surface area contributed by atoms with Crippen LogP contribution in [0.15, 0.2) is 22.6 Å². The molecular weight excluding hydrogens is 458 g/mol. The van der Waals surface area contributed by atoms with Crippen molar-refractivity contribution in [1.29, 1.82) is 0 Å². The highest BCUT2D eigenvalue weighted by Gasteiger charge is 2.40. The Labute approximate surface area is 215 Å². The topological polar surface area (TPSA) is 73.3 Å². The summed E-state index contributed by atoms with van der Waals surface area (Å²) in [6, 6.07) is 0. The molecule has 0 unspecified atom stereocenters. The first-order chi connectivity index (χ1) is 16.2. The molecule has 0 aliphatic carbocycles. The van der Waals surface area contributed by atoms with Crippen molar-refractivity contribution >= 4 is 34.9 Å². The molecule has 1 aromatic rings. The van der Waals surface area contributed by atoms with Crippen molar-refractivity contribution in [2.75, 3.05) is 0 Å². The molecule has 0 fully saturated rings. The van der Waals surface area contributed by atoms with Gasteiger partial charge in [-0.2, -0.15) is 0 Å². The lowest BCUT2D eigenvalue weighted by Crippen LogP contribution is -2.40. The van der Waals surface area contributed by atoms with Crippen molar-refractivity contribution in [1.82, 2.24) is 4.98 Å². The number of rotatable bonds is 2. The Hall–Kier alpha value is -2.08. The molecule has 0 aromatic carbocycles. The quantitative estimate of drug-likeness (QED) is 0.408. The van der Waals surface area contributed by atoms with E-state index < -0.39 is 11.5 Å². The van der Waals surface area contributed by atoms with Gasteiger partial charge in [-0.25, -0.2) is 4.98 Å². The summed E-state index contributed by atoms with van der Waals surface area (Å²) < 4.78 is 5.94. The predicted octanol–water partition coefficient (Wildman–Crippen LogP) is 7.00. The van der Waals surface area contributed by atoms with E-state index in [9.17, 15) is 14.4 Å². The standard InChI is InChI=1S/C29H43NO4S/c1-17-10-12-25(31)18(2)11-13-26(19(3)14-24-16-35-23(7)30-24)34-27(32)15-20(4)29(8,9)28(33)22(6)21(17)5/h11,14,16-17,20-22,26H,10,12-13,15H2,1-9H3/b18-11-,19-14+/t17-,20-,21-,22+,26-/m0/s1. The first kappa shape index (κ1) is 29.2. The highest BCUT2D eigenvalue weighted by atomic mass is 32.1. The Morgan fingerprint density at radius 2 is 1.80 bits per heavy atom. The average molecular weight is 502 g/mol. The third kappa shape index (κ3) is 7.70. The maximum Gasteiger partial charge on any atom is 0.306 e. The van der Waals surface area contributed by atoms with Crippen molar-refractivity contribution in [3.05, 3.63) is 33.3 Å². The highest BCUT2D eigenvalue weighted by molar-refractivity contribution is 7.09. The zero-order valence-corrected chi connectivity index (χ0v) is 23.8. The summed E-state index contributed by atoms with van der Waals surface area (Å²) in [5, 5.41) is 2.94. The summed E-state index contributed by atoms with van der Waals surface area (Å²) in [6.45, 7) is 17.8. The van der Waals surface area contributed by atoms with E-state index in [0.717, 1.165) is 22.7 Å². The molecule has 6 heteroatoms. The van der Waals surface area contributed by atoms with Crippen LogP contribution in [0.5, 0.6) is 0 Å². The predicted molar refractivity (Wildman–Crippen MR) is 143 cm³/mol. The molecule has 5 atom stereocenters. The first-order valence-electron chi connectivity index (χ1n) is 12.8. The van der Waals surface area contributed by atoms with Crippen LogP contribution in [0.3, 0.4) is 0 Å². The Bertz CT molecular complexity index is 987. The Balaban J connectivity index is 2.39. The summed E-state index contributed by atoms with van der Waals surface area (Å²) >= 11 is 1.57. The molecule has 0 saturated carbocycles. The fraction of sp³-hybridized carbons (Fsp3) is 0.655. The molecule has 0 spiro atoms. The number of aromatic nitrogens is 1. The molecule has 0 bridgehead atoms. The number of hydrogen-bond acceptors (Lipinski definition) is 6. The summed E-state index contributed by atoms with van der Waals surface area (Å²) in [4.78, 5) is 43.8. The van der Waals surface area contributed by atoms with Crippen LogP contribution < -0.4 is 0 Å². The minimum atomic E-state index is -0.658. The third-order valence-electron chi connectivity index (χ3n) is 8.14. The number of carbonyl (C=O) groups is 3. The molecule has 0 amide bonds. The molecule has 2 heterocycles. The van der Waals surface area contributed by atoms with Crippen LogP contribution in [0.1, 0.15) is 91.8 Å². The number of ether oxygens (including phenoxy) is 1. The minimum Gasteiger partial charge on any atom is -0.457 e. The molecular formula is C29H43NO4S. The lowest BCUT2D eigenvalue weighted by Gasteiger charge is -2.36. The Morgan fingerprint density at radius 1 is 1.14 bits per heavy atom. The van der Waals surface area contributed by atoms with Gasteiger partial charge in [0.2, 0.25) is 0 Å². The number of thiazole rings is 1. The van der Waals surface area contributed by atoms with Crippen LogP contribution in [-0.4, -0.2) is 28.6 Å². The van der Waals surface area contributed by atoms with Crippen molar-refractivity contribution in [2.45, 2.75) is 94.1 Å². The maximum atomic E-state index is 13.5. The van der Waals surface area contributed by atoms with Gasteiger partial charge in [-0.05, 0) is 62.2 Å². The Morgan fingerprint density at radius 3 is 2.40 bits per heavy atom. The number of Topliss-reactive ketones (excluding diaryl/α,β-unsaturated/α-hetero) is 2. The fourth-order valence-corrected chi connectivity index (χ4v) is 5.16. The molecule has 35 heavy (non-hydrogen) atoms. The van der Waals surface area contributed by atoms with E-state index in [-0.39, 0.29) is 47.6 Å². The molecule has 194 valence electrons. The second kappa shape index (κ2) is 12.2. The molecule has 1 aliphatic heterocycles. The average Bonchev–Trinajstić information content (AvgIpc) is 3.21. The van der Waals surface area contributed by atoms with Gasteiger partial charge in [0.05, 0.1) is 10.7 Å². The van der Waals surface area contributed by atoms with E-state index in [1.165, 1.54) is 0 Å². The maximum absolute atomic E-state index is 13.5. The monoisotopic (exact) mass is 501 g/mol. The zero-order valence-electron chi connectivity index (χ0n) is 22.9. The number of nitrogens with zero attached hydrogens (tertiary/aromatic N) is 1. The first-order valence-corrected chi connectivity index (χ1v) is 13.7. The van der Waals surface area contributed by atoms with Crippen molar-refractivity contribution < 1.29 is 19.1 Å². The molecule has 0 radical (unpaired) electrons. The van der Waals surface area contributed by atoms with E-state index in [0.29, 0.717) is 18.4 Å². The lowest BCUT2D eigenvalue weighted by atomic mass is 9.67. The summed E-state index contributed by atoms with van der Waals surface area (Å²) in [5.74, 6) is 0.0165. The molecule has 0 N–H and O–H groups in total. The van der Waals surface area contributed by atoms with E-state index in [4.69, 9.17) is 4.74 Å². The van der Waals surface area contributed by atoms with E-state index in [1.807, 2.05) is 66.0 Å². The van der Waals surface area contributed by atoms with Crippen LogP contribution in [-0.2, 0) is 19.1 Å². The second-order valence-corrected chi connectivity index (χ2v) is 12.1. The molecule has 5 nitrogen and oxygen atoms in total. The SMILES string of the molecule is C/C1=C/C[C@@H](/C(C)=C/c2csc(C)n2)OC(=O)C[C@H](C)C(C)(C)C(=O)[C@H](C)[C@@H](C)[C@@H](C)CCC1=O. The van der Waals surface area contributed by atoms with Gasteiger partial charge in [-0.1, -0.05) is 47.6 Å². The van der Waals surface area contributed by atoms with E-state index in [1.54, 1.807) is 11.3 Å². The van der Waals surface area contributed by atoms with E-state index >= 15 is 0 Å². The lowest BCUT2D eigenvalue weighted by molar-refractivity contribution is -0.150. The Kier molecular flexibility index (Phi) is 10.2. The molecule has 1 aromatic heterocycles. The second-order valence-electron chi connectivity index (χ2n) is 11.1. The number of esters is 1. The number of aryl methyl sites for hydroxylation is 1. The zero-order chi connectivity index (χ0) is 26.5. The third-order valence-corrected chi connectivity index (χ3v) is 8.93. The minimum absolute atomic E-state index is 0.103. The van der Waals surface area contributed by atoms with Crippen molar-refractivity contribution in [2.24, 2.45) is 29.1 Å². The summed E-state index contributed by atoms with van der Waals surface area (Å²) in [7, 11) is 0. The fourth-order valence-electron chi connectivity index (χ4n) is 4.59. The summed E-state index contributed by atoms with van der Waals surface area (Å²) in [5.41, 5.74) is 1.74. The van der Waals surface area contributed by atoms with Gasteiger partial charge in [0.15, 0.2) is 5.78 Å². The number of hydrogen-bond donors (Lipinski definition) is 0. The van der Waals surface area contributed by atoms with Gasteiger partial charge < -0.3 is 4.74 Å². The van der Waals surface area contributed by atoms with Gasteiger partial charge in [0.1, 0.15) is 11.9 Å². The molecule has 0 saturated heterocycles. The van der Waals surface area contributed by atoms with Gasteiger partial charge in [-0.15, -0.1) is 11.3 Å². The van der Waals surface area contributed by atoms with Crippen molar-refractivity contribution in [3.63, 3.8) is 0 Å². The van der Waals surface area contributed by atoms with Gasteiger partial charge in [-0.3, -0.25) is 14.4 Å². The van der Waals surface area contributed by atoms with Crippen LogP contribution in [0, 0.1) is 36.0 Å². The largest absolute Gasteiger partial charge is 0.457 e. The molecule has 2 rings (SSSR count). The number of cyclic esters (lactones) is 1.